The highest BCUT2D eigenvalue weighted by molar-refractivity contribution is 5.91. The molecular formula is C16H24N2O3. The molecule has 1 aliphatic rings. The van der Waals surface area contributed by atoms with Crippen molar-refractivity contribution in [1.29, 1.82) is 0 Å². The van der Waals surface area contributed by atoms with Gasteiger partial charge < -0.3 is 14.6 Å². The van der Waals surface area contributed by atoms with E-state index in [9.17, 15) is 9.59 Å². The molecule has 0 aromatic carbocycles. The largest absolute Gasteiger partial charge is 0.459 e. The predicted molar refractivity (Wildman–Crippen MR) is 79.8 cm³/mol. The molecule has 1 fully saturated rings. The zero-order valence-corrected chi connectivity index (χ0v) is 12.8. The first kappa shape index (κ1) is 15.6. The van der Waals surface area contributed by atoms with Crippen molar-refractivity contribution < 1.29 is 14.0 Å². The summed E-state index contributed by atoms with van der Waals surface area (Å²) in [6.45, 7) is 5.37. The van der Waals surface area contributed by atoms with Crippen LogP contribution < -0.4 is 5.32 Å². The first-order chi connectivity index (χ1) is 10.1. The standard InChI is InChI=1S/C16H24N2O3/c1-3-5-12(2)17-15(19)13-7-9-18(10-8-13)16(20)14-6-4-11-21-14/h4,6,11-13H,3,5,7-10H2,1-2H3,(H,17,19)/t12-/m1/s1. The maximum Gasteiger partial charge on any atom is 0.289 e. The van der Waals surface area contributed by atoms with Crippen LogP contribution in [-0.4, -0.2) is 35.8 Å². The van der Waals surface area contributed by atoms with Gasteiger partial charge in [-0.05, 0) is 38.3 Å². The lowest BCUT2D eigenvalue weighted by atomic mass is 9.95. The van der Waals surface area contributed by atoms with Gasteiger partial charge in [-0.1, -0.05) is 13.3 Å². The van der Waals surface area contributed by atoms with Crippen LogP contribution in [0.1, 0.15) is 50.1 Å². The molecular weight excluding hydrogens is 268 g/mol. The van der Waals surface area contributed by atoms with E-state index in [-0.39, 0.29) is 23.8 Å². The van der Waals surface area contributed by atoms with Crippen molar-refractivity contribution in [3.8, 4) is 0 Å². The summed E-state index contributed by atoms with van der Waals surface area (Å²) in [6.07, 6.45) is 5.01. The molecule has 2 amide bonds. The number of carbonyl (C=O) groups excluding carboxylic acids is 2. The smallest absolute Gasteiger partial charge is 0.289 e. The summed E-state index contributed by atoms with van der Waals surface area (Å²) >= 11 is 0. The Morgan fingerprint density at radius 2 is 2.14 bits per heavy atom. The third-order valence-electron chi connectivity index (χ3n) is 4.00. The lowest BCUT2D eigenvalue weighted by molar-refractivity contribution is -0.126. The highest BCUT2D eigenvalue weighted by atomic mass is 16.3. The molecule has 1 aliphatic heterocycles. The molecule has 21 heavy (non-hydrogen) atoms. The molecule has 0 radical (unpaired) electrons. The number of likely N-dealkylation sites (tertiary alicyclic amines) is 1. The van der Waals surface area contributed by atoms with E-state index in [2.05, 4.69) is 12.2 Å². The van der Waals surface area contributed by atoms with Gasteiger partial charge in [0.15, 0.2) is 5.76 Å². The molecule has 0 spiro atoms. The van der Waals surface area contributed by atoms with Crippen molar-refractivity contribution in [3.63, 3.8) is 0 Å². The van der Waals surface area contributed by atoms with Crippen LogP contribution in [0.3, 0.4) is 0 Å². The summed E-state index contributed by atoms with van der Waals surface area (Å²) in [7, 11) is 0. The number of amides is 2. The van der Waals surface area contributed by atoms with Gasteiger partial charge >= 0.3 is 0 Å². The summed E-state index contributed by atoms with van der Waals surface area (Å²) < 4.78 is 5.13. The molecule has 1 N–H and O–H groups in total. The van der Waals surface area contributed by atoms with Gasteiger partial charge in [-0.2, -0.15) is 0 Å². The number of furan rings is 1. The van der Waals surface area contributed by atoms with Crippen molar-refractivity contribution >= 4 is 11.8 Å². The van der Waals surface area contributed by atoms with Crippen molar-refractivity contribution in [3.05, 3.63) is 24.2 Å². The molecule has 0 bridgehead atoms. The lowest BCUT2D eigenvalue weighted by Crippen LogP contribution is -2.44. The average molecular weight is 292 g/mol. The molecule has 1 saturated heterocycles. The van der Waals surface area contributed by atoms with E-state index < -0.39 is 0 Å². The van der Waals surface area contributed by atoms with Crippen LogP contribution in [0.5, 0.6) is 0 Å². The number of nitrogens with one attached hydrogen (secondary N) is 1. The molecule has 5 nitrogen and oxygen atoms in total. The van der Waals surface area contributed by atoms with E-state index in [0.717, 1.165) is 25.7 Å². The fraction of sp³-hybridized carbons (Fsp3) is 0.625. The highest BCUT2D eigenvalue weighted by Crippen LogP contribution is 2.19. The number of nitrogens with zero attached hydrogens (tertiary/aromatic N) is 1. The van der Waals surface area contributed by atoms with Gasteiger partial charge in [0, 0.05) is 25.0 Å². The summed E-state index contributed by atoms with van der Waals surface area (Å²) in [5.74, 6) is 0.429. The van der Waals surface area contributed by atoms with Crippen molar-refractivity contribution in [1.82, 2.24) is 10.2 Å². The first-order valence-corrected chi connectivity index (χ1v) is 7.75. The van der Waals surface area contributed by atoms with Gasteiger partial charge in [0.2, 0.25) is 5.91 Å². The normalized spacial score (nSPS) is 17.5. The maximum absolute atomic E-state index is 12.2. The molecule has 5 heteroatoms. The Morgan fingerprint density at radius 1 is 1.43 bits per heavy atom. The molecule has 1 aromatic heterocycles. The number of hydrogen-bond acceptors (Lipinski definition) is 3. The predicted octanol–water partition coefficient (Wildman–Crippen LogP) is 2.44. The molecule has 1 aromatic rings. The van der Waals surface area contributed by atoms with Gasteiger partial charge in [-0.25, -0.2) is 0 Å². The number of rotatable bonds is 5. The highest BCUT2D eigenvalue weighted by Gasteiger charge is 2.29. The number of piperidine rings is 1. The van der Waals surface area contributed by atoms with E-state index in [1.807, 2.05) is 6.92 Å². The van der Waals surface area contributed by atoms with Crippen molar-refractivity contribution in [2.75, 3.05) is 13.1 Å². The minimum atomic E-state index is -0.0850. The Hall–Kier alpha value is -1.78. The number of carbonyl (C=O) groups is 2. The van der Waals surface area contributed by atoms with Gasteiger partial charge in [0.05, 0.1) is 6.26 Å². The summed E-state index contributed by atoms with van der Waals surface area (Å²) in [4.78, 5) is 26.0. The molecule has 116 valence electrons. The fourth-order valence-corrected chi connectivity index (χ4v) is 2.77. The third kappa shape index (κ3) is 4.09. The second kappa shape index (κ2) is 7.29. The monoisotopic (exact) mass is 292 g/mol. The van der Waals surface area contributed by atoms with E-state index in [1.54, 1.807) is 17.0 Å². The van der Waals surface area contributed by atoms with Gasteiger partial charge in [0.1, 0.15) is 0 Å². The van der Waals surface area contributed by atoms with Crippen molar-refractivity contribution in [2.24, 2.45) is 5.92 Å². The first-order valence-electron chi connectivity index (χ1n) is 7.75. The van der Waals surface area contributed by atoms with Crippen LogP contribution in [0.15, 0.2) is 22.8 Å². The molecule has 2 rings (SSSR count). The van der Waals surface area contributed by atoms with E-state index in [4.69, 9.17) is 4.42 Å². The van der Waals surface area contributed by atoms with Crippen LogP contribution in [0.25, 0.3) is 0 Å². The average Bonchev–Trinajstić information content (AvgIpc) is 3.01. The second-order valence-corrected chi connectivity index (χ2v) is 5.74. The SMILES string of the molecule is CCC[C@@H](C)NC(=O)C1CCN(C(=O)c2ccco2)CC1. The molecule has 0 saturated carbocycles. The zero-order chi connectivity index (χ0) is 15.2. The lowest BCUT2D eigenvalue weighted by Gasteiger charge is -2.31. The molecule has 0 aliphatic carbocycles. The topological polar surface area (TPSA) is 62.6 Å². The zero-order valence-electron chi connectivity index (χ0n) is 12.8. The maximum atomic E-state index is 12.2. The van der Waals surface area contributed by atoms with Gasteiger partial charge in [-0.15, -0.1) is 0 Å². The summed E-state index contributed by atoms with van der Waals surface area (Å²) in [5.41, 5.74) is 0. The Kier molecular flexibility index (Phi) is 5.42. The van der Waals surface area contributed by atoms with E-state index >= 15 is 0 Å². The Bertz CT molecular complexity index is 462. The van der Waals surface area contributed by atoms with Crippen LogP contribution in [0.2, 0.25) is 0 Å². The van der Waals surface area contributed by atoms with Crippen LogP contribution in [0.4, 0.5) is 0 Å². The van der Waals surface area contributed by atoms with E-state index in [0.29, 0.717) is 18.8 Å². The molecule has 1 atom stereocenters. The Balaban J connectivity index is 1.80. The summed E-state index contributed by atoms with van der Waals surface area (Å²) in [6, 6.07) is 3.61. The van der Waals surface area contributed by atoms with Crippen LogP contribution >= 0.6 is 0 Å². The minimum absolute atomic E-state index is 0.0185. The van der Waals surface area contributed by atoms with E-state index in [1.165, 1.54) is 6.26 Å². The van der Waals surface area contributed by atoms with Crippen LogP contribution in [0, 0.1) is 5.92 Å². The minimum Gasteiger partial charge on any atom is -0.459 e. The Labute approximate surface area is 125 Å². The van der Waals surface area contributed by atoms with Gasteiger partial charge in [0.25, 0.3) is 5.91 Å². The Morgan fingerprint density at radius 3 is 2.71 bits per heavy atom. The third-order valence-corrected chi connectivity index (χ3v) is 4.00. The quantitative estimate of drug-likeness (QED) is 0.906. The van der Waals surface area contributed by atoms with Crippen molar-refractivity contribution in [2.45, 2.75) is 45.6 Å². The molecule has 0 unspecified atom stereocenters. The fourth-order valence-electron chi connectivity index (χ4n) is 2.77. The van der Waals surface area contributed by atoms with Crippen LogP contribution in [-0.2, 0) is 4.79 Å². The second-order valence-electron chi connectivity index (χ2n) is 5.74. The number of hydrogen-bond donors (Lipinski definition) is 1. The molecule has 2 heterocycles. The summed E-state index contributed by atoms with van der Waals surface area (Å²) in [5, 5.41) is 3.06. The van der Waals surface area contributed by atoms with Gasteiger partial charge in [-0.3, -0.25) is 9.59 Å².